The molecule has 0 bridgehead atoms. The fraction of sp³-hybridized carbons (Fsp3) is 0.667. The molecule has 1 aromatic carbocycles. The maximum absolute atomic E-state index is 9.31. The van der Waals surface area contributed by atoms with Crippen molar-refractivity contribution in [2.45, 2.75) is 45.1 Å². The van der Waals surface area contributed by atoms with Crippen molar-refractivity contribution in [3.8, 4) is 5.75 Å². The third kappa shape index (κ3) is 5.33. The molecule has 0 amide bonds. The minimum Gasteiger partial charge on any atom is -0.508 e. The molecule has 0 radical (unpaired) electrons. The van der Waals surface area contributed by atoms with Gasteiger partial charge in [0, 0.05) is 6.04 Å². The number of rotatable bonds is 7. The van der Waals surface area contributed by atoms with Gasteiger partial charge in [-0.25, -0.2) is 0 Å². The molecule has 1 saturated heterocycles. The molecule has 118 valence electrons. The summed E-state index contributed by atoms with van der Waals surface area (Å²) in [5.74, 6) is 1.27. The Morgan fingerprint density at radius 1 is 1.24 bits per heavy atom. The summed E-state index contributed by atoms with van der Waals surface area (Å²) in [6, 6.07) is 8.29. The first-order valence-corrected chi connectivity index (χ1v) is 8.35. The molecule has 0 aromatic heterocycles. The Morgan fingerprint density at radius 2 is 1.90 bits per heavy atom. The number of benzene rings is 1. The Balaban J connectivity index is 1.69. The molecule has 0 spiro atoms. The number of likely N-dealkylation sites (tertiary alicyclic amines) is 1. The summed E-state index contributed by atoms with van der Waals surface area (Å²) in [4.78, 5) is 2.65. The Hall–Kier alpha value is -1.06. The van der Waals surface area contributed by atoms with Gasteiger partial charge in [0.15, 0.2) is 0 Å². The highest BCUT2D eigenvalue weighted by Gasteiger charge is 2.22. The van der Waals surface area contributed by atoms with E-state index in [2.05, 4.69) is 17.1 Å². The molecule has 1 aliphatic heterocycles. The highest BCUT2D eigenvalue weighted by molar-refractivity contribution is 5.25. The molecule has 1 unspecified atom stereocenters. The minimum absolute atomic E-state index is 0.357. The van der Waals surface area contributed by atoms with Crippen LogP contribution in [-0.4, -0.2) is 42.7 Å². The second kappa shape index (κ2) is 8.40. The van der Waals surface area contributed by atoms with Crippen molar-refractivity contribution >= 4 is 0 Å². The van der Waals surface area contributed by atoms with Crippen molar-refractivity contribution in [2.24, 2.45) is 5.92 Å². The van der Waals surface area contributed by atoms with Gasteiger partial charge < -0.3 is 15.3 Å². The molecule has 1 atom stereocenters. The molecule has 0 saturated carbocycles. The van der Waals surface area contributed by atoms with Crippen LogP contribution in [0.4, 0.5) is 0 Å². The molecule has 1 aliphatic rings. The fourth-order valence-corrected chi connectivity index (χ4v) is 3.25. The van der Waals surface area contributed by atoms with Crippen LogP contribution in [0.25, 0.3) is 0 Å². The van der Waals surface area contributed by atoms with Crippen molar-refractivity contribution in [1.29, 1.82) is 0 Å². The van der Waals surface area contributed by atoms with Gasteiger partial charge in [-0.15, -0.1) is 0 Å². The summed E-state index contributed by atoms with van der Waals surface area (Å²) in [6.07, 6.45) is 6.33. The van der Waals surface area contributed by atoms with Crippen LogP contribution in [0, 0.1) is 5.92 Å². The number of phenolic OH excluding ortho intramolecular Hbond substituents is 1. The van der Waals surface area contributed by atoms with Crippen LogP contribution in [0.15, 0.2) is 24.3 Å². The number of hydrogen-bond donors (Lipinski definition) is 2. The first-order valence-electron chi connectivity index (χ1n) is 8.35. The number of aryl methyl sites for hydroxylation is 1. The third-order valence-corrected chi connectivity index (χ3v) is 4.86. The lowest BCUT2D eigenvalue weighted by molar-refractivity contribution is 0.132. The van der Waals surface area contributed by atoms with Gasteiger partial charge in [-0.1, -0.05) is 12.1 Å². The second-order valence-corrected chi connectivity index (χ2v) is 6.43. The van der Waals surface area contributed by atoms with E-state index in [9.17, 15) is 5.11 Å². The van der Waals surface area contributed by atoms with Crippen molar-refractivity contribution < 1.29 is 5.11 Å². The average Bonchev–Trinajstić information content (AvgIpc) is 2.52. The molecule has 3 heteroatoms. The molecule has 1 fully saturated rings. The first-order chi connectivity index (χ1) is 10.2. The minimum atomic E-state index is 0.357. The van der Waals surface area contributed by atoms with E-state index in [0.29, 0.717) is 11.8 Å². The monoisotopic (exact) mass is 290 g/mol. The largest absolute Gasteiger partial charge is 0.508 e. The Bertz CT molecular complexity index is 396. The van der Waals surface area contributed by atoms with Crippen LogP contribution < -0.4 is 5.32 Å². The SMILES string of the molecule is CNCCC1CCN(C(C)CCc2ccc(O)cc2)CC1. The van der Waals surface area contributed by atoms with Crippen LogP contribution in [-0.2, 0) is 6.42 Å². The maximum Gasteiger partial charge on any atom is 0.115 e. The van der Waals surface area contributed by atoms with Gasteiger partial charge >= 0.3 is 0 Å². The summed E-state index contributed by atoms with van der Waals surface area (Å²) < 4.78 is 0. The number of phenols is 1. The molecule has 21 heavy (non-hydrogen) atoms. The Labute approximate surface area is 129 Å². The zero-order chi connectivity index (χ0) is 15.1. The Morgan fingerprint density at radius 3 is 2.52 bits per heavy atom. The number of hydrogen-bond acceptors (Lipinski definition) is 3. The lowest BCUT2D eigenvalue weighted by Gasteiger charge is -2.36. The van der Waals surface area contributed by atoms with E-state index in [1.165, 1.54) is 44.3 Å². The predicted molar refractivity (Wildman–Crippen MR) is 88.7 cm³/mol. The standard InChI is InChI=1S/C18H30N2O/c1-15(3-4-16-5-7-18(21)8-6-16)20-13-10-17(11-14-20)9-12-19-2/h5-8,15,17,19,21H,3-4,9-14H2,1-2H3. The van der Waals surface area contributed by atoms with E-state index < -0.39 is 0 Å². The lowest BCUT2D eigenvalue weighted by Crippen LogP contribution is -2.40. The molecular formula is C18H30N2O. The summed E-state index contributed by atoms with van der Waals surface area (Å²) in [7, 11) is 2.04. The van der Waals surface area contributed by atoms with Crippen molar-refractivity contribution in [1.82, 2.24) is 10.2 Å². The highest BCUT2D eigenvalue weighted by atomic mass is 16.3. The Kier molecular flexibility index (Phi) is 6.52. The van der Waals surface area contributed by atoms with Gasteiger partial charge in [0.05, 0.1) is 0 Å². The van der Waals surface area contributed by atoms with Gasteiger partial charge in [-0.05, 0) is 89.3 Å². The van der Waals surface area contributed by atoms with E-state index in [-0.39, 0.29) is 0 Å². The van der Waals surface area contributed by atoms with E-state index in [4.69, 9.17) is 0 Å². The van der Waals surface area contributed by atoms with E-state index >= 15 is 0 Å². The van der Waals surface area contributed by atoms with Gasteiger partial charge in [0.1, 0.15) is 5.75 Å². The number of piperidine rings is 1. The molecule has 1 aromatic rings. The number of nitrogens with zero attached hydrogens (tertiary/aromatic N) is 1. The third-order valence-electron chi connectivity index (χ3n) is 4.86. The second-order valence-electron chi connectivity index (χ2n) is 6.43. The molecule has 2 rings (SSSR count). The van der Waals surface area contributed by atoms with Gasteiger partial charge in [0.25, 0.3) is 0 Å². The normalized spacial score (nSPS) is 18.8. The zero-order valence-corrected chi connectivity index (χ0v) is 13.5. The molecule has 3 nitrogen and oxygen atoms in total. The van der Waals surface area contributed by atoms with Gasteiger partial charge in [-0.3, -0.25) is 0 Å². The molecule has 0 aliphatic carbocycles. The van der Waals surface area contributed by atoms with Crippen molar-refractivity contribution in [3.05, 3.63) is 29.8 Å². The summed E-state index contributed by atoms with van der Waals surface area (Å²) in [6.45, 7) is 6.02. The maximum atomic E-state index is 9.31. The van der Waals surface area contributed by atoms with E-state index in [1.807, 2.05) is 19.2 Å². The quantitative estimate of drug-likeness (QED) is 0.810. The molecular weight excluding hydrogens is 260 g/mol. The summed E-state index contributed by atoms with van der Waals surface area (Å²) in [5.41, 5.74) is 1.32. The van der Waals surface area contributed by atoms with Crippen LogP contribution in [0.3, 0.4) is 0 Å². The first kappa shape index (κ1) is 16.3. The highest BCUT2D eigenvalue weighted by Crippen LogP contribution is 2.23. The van der Waals surface area contributed by atoms with Crippen molar-refractivity contribution in [3.63, 3.8) is 0 Å². The van der Waals surface area contributed by atoms with Crippen LogP contribution >= 0.6 is 0 Å². The van der Waals surface area contributed by atoms with Crippen LogP contribution in [0.2, 0.25) is 0 Å². The van der Waals surface area contributed by atoms with Gasteiger partial charge in [0.2, 0.25) is 0 Å². The topological polar surface area (TPSA) is 35.5 Å². The molecule has 2 N–H and O–H groups in total. The van der Waals surface area contributed by atoms with E-state index in [0.717, 1.165) is 18.9 Å². The number of aromatic hydroxyl groups is 1. The lowest BCUT2D eigenvalue weighted by atomic mass is 9.92. The molecule has 1 heterocycles. The summed E-state index contributed by atoms with van der Waals surface area (Å²) >= 11 is 0. The van der Waals surface area contributed by atoms with Gasteiger partial charge in [-0.2, -0.15) is 0 Å². The predicted octanol–water partition coefficient (Wildman–Crippen LogP) is 3.03. The van der Waals surface area contributed by atoms with E-state index in [1.54, 1.807) is 12.1 Å². The average molecular weight is 290 g/mol. The zero-order valence-electron chi connectivity index (χ0n) is 13.5. The number of nitrogens with one attached hydrogen (secondary N) is 1. The smallest absolute Gasteiger partial charge is 0.115 e. The fourth-order valence-electron chi connectivity index (χ4n) is 3.25. The van der Waals surface area contributed by atoms with Crippen LogP contribution in [0.1, 0.15) is 38.2 Å². The van der Waals surface area contributed by atoms with Crippen molar-refractivity contribution in [2.75, 3.05) is 26.7 Å². The summed E-state index contributed by atoms with van der Waals surface area (Å²) in [5, 5.41) is 12.6. The van der Waals surface area contributed by atoms with Crippen LogP contribution in [0.5, 0.6) is 5.75 Å².